The minimum absolute atomic E-state index is 0. The van der Waals surface area contributed by atoms with Crippen LogP contribution < -0.4 is 59.1 Å². The van der Waals surface area contributed by atoms with E-state index in [9.17, 15) is 9.59 Å². The van der Waals surface area contributed by atoms with Crippen LogP contribution in [0.2, 0.25) is 0 Å². The summed E-state index contributed by atoms with van der Waals surface area (Å²) >= 11 is 0. The number of hydrogen-bond donors (Lipinski definition) is 2. The van der Waals surface area contributed by atoms with E-state index in [-0.39, 0.29) is 67.4 Å². The standard InChI is InChI=1S/C3H4O4.2Na.H2O.2H/c4-2(5)1-3(6)7;;;;;/h1H2,(H,4,5)(H,6,7);;;1H2;;/q;2*+1;;2*-1. The summed E-state index contributed by atoms with van der Waals surface area (Å²) in [6.07, 6.45) is -0.806. The van der Waals surface area contributed by atoms with Gasteiger partial charge in [-0.15, -0.1) is 0 Å². The molecule has 0 saturated heterocycles. The summed E-state index contributed by atoms with van der Waals surface area (Å²) in [5, 5.41) is 15.4. The summed E-state index contributed by atoms with van der Waals surface area (Å²) in [6, 6.07) is 0. The minimum atomic E-state index is -1.31. The van der Waals surface area contributed by atoms with Crippen molar-refractivity contribution in [2.75, 3.05) is 0 Å². The zero-order valence-electron chi connectivity index (χ0n) is 7.92. The van der Waals surface area contributed by atoms with Crippen molar-refractivity contribution < 1.29 is 87.2 Å². The number of rotatable bonds is 2. The van der Waals surface area contributed by atoms with E-state index in [1.54, 1.807) is 0 Å². The molecule has 7 heteroatoms. The van der Waals surface area contributed by atoms with Gasteiger partial charge in [0.25, 0.3) is 0 Å². The van der Waals surface area contributed by atoms with Gasteiger partial charge < -0.3 is 18.5 Å². The Labute approximate surface area is 105 Å². The van der Waals surface area contributed by atoms with Crippen LogP contribution >= 0.6 is 0 Å². The second-order valence-corrected chi connectivity index (χ2v) is 0.964. The molecule has 0 radical (unpaired) electrons. The molecule has 0 amide bonds. The van der Waals surface area contributed by atoms with Gasteiger partial charge in [0.05, 0.1) is 0 Å². The van der Waals surface area contributed by atoms with Crippen molar-refractivity contribution >= 4 is 11.9 Å². The third-order valence-electron chi connectivity index (χ3n) is 0.302. The quantitative estimate of drug-likeness (QED) is 0.317. The Bertz CT molecular complexity index is 98.9. The summed E-state index contributed by atoms with van der Waals surface area (Å²) in [7, 11) is 0. The van der Waals surface area contributed by atoms with Crippen LogP contribution in [0.1, 0.15) is 9.27 Å². The van der Waals surface area contributed by atoms with Crippen molar-refractivity contribution in [1.82, 2.24) is 0 Å². The first-order chi connectivity index (χ1) is 3.13. The van der Waals surface area contributed by atoms with E-state index in [2.05, 4.69) is 0 Å². The van der Waals surface area contributed by atoms with Gasteiger partial charge in [-0.25, -0.2) is 0 Å². The zero-order valence-corrected chi connectivity index (χ0v) is 9.92. The smallest absolute Gasteiger partial charge is 1.00 e. The fourth-order valence-electron chi connectivity index (χ4n) is 0.129. The average Bonchev–Trinajstić information content (AvgIpc) is 1.27. The third-order valence-corrected chi connectivity index (χ3v) is 0.302. The van der Waals surface area contributed by atoms with Gasteiger partial charge in [-0.05, 0) is 0 Å². The molecule has 0 aliphatic heterocycles. The van der Waals surface area contributed by atoms with Gasteiger partial charge >= 0.3 is 71.1 Å². The van der Waals surface area contributed by atoms with E-state index in [1.165, 1.54) is 0 Å². The average molecular weight is 170 g/mol. The van der Waals surface area contributed by atoms with Gasteiger partial charge in [-0.1, -0.05) is 0 Å². The van der Waals surface area contributed by atoms with Crippen LogP contribution in [0.5, 0.6) is 0 Å². The third kappa shape index (κ3) is 23.1. The van der Waals surface area contributed by atoms with Crippen LogP contribution in [0.3, 0.4) is 0 Å². The normalized spacial score (nSPS) is 5.60. The first kappa shape index (κ1) is 22.4. The molecule has 0 aliphatic carbocycles. The van der Waals surface area contributed by atoms with E-state index < -0.39 is 18.4 Å². The number of hydrogen-bond acceptors (Lipinski definition) is 2. The molecule has 0 heterocycles. The predicted molar refractivity (Wildman–Crippen MR) is 25.7 cm³/mol. The van der Waals surface area contributed by atoms with Crippen molar-refractivity contribution in [2.45, 2.75) is 6.42 Å². The summed E-state index contributed by atoms with van der Waals surface area (Å²) in [6.45, 7) is 0. The molecule has 0 atom stereocenters. The SMILES string of the molecule is O.O=C(O)CC(=O)O.[H-].[H-].[Na+].[Na+]. The van der Waals surface area contributed by atoms with Gasteiger partial charge in [0.2, 0.25) is 0 Å². The molecule has 0 bridgehead atoms. The number of carbonyl (C=O) groups is 2. The van der Waals surface area contributed by atoms with Crippen molar-refractivity contribution in [3.05, 3.63) is 0 Å². The van der Waals surface area contributed by atoms with Crippen LogP contribution in [-0.4, -0.2) is 27.6 Å². The number of aliphatic carboxylic acids is 2. The summed E-state index contributed by atoms with van der Waals surface area (Å²) in [4.78, 5) is 18.9. The molecule has 0 unspecified atom stereocenters. The van der Waals surface area contributed by atoms with E-state index in [1.807, 2.05) is 0 Å². The first-order valence-electron chi connectivity index (χ1n) is 1.56. The molecule has 0 fully saturated rings. The second-order valence-electron chi connectivity index (χ2n) is 0.964. The van der Waals surface area contributed by atoms with E-state index >= 15 is 0 Å². The van der Waals surface area contributed by atoms with Crippen molar-refractivity contribution in [3.63, 3.8) is 0 Å². The van der Waals surface area contributed by atoms with Crippen molar-refractivity contribution in [3.8, 4) is 0 Å². The summed E-state index contributed by atoms with van der Waals surface area (Å²) < 4.78 is 0. The summed E-state index contributed by atoms with van der Waals surface area (Å²) in [5.74, 6) is -2.62. The fourth-order valence-corrected chi connectivity index (χ4v) is 0.129. The van der Waals surface area contributed by atoms with Crippen LogP contribution in [0.15, 0.2) is 0 Å². The largest absolute Gasteiger partial charge is 1.00 e. The molecule has 0 aromatic heterocycles. The van der Waals surface area contributed by atoms with Crippen LogP contribution in [0.25, 0.3) is 0 Å². The molecule has 0 aliphatic rings. The maximum absolute atomic E-state index is 9.43. The molecular formula is C3H8Na2O5. The Hall–Kier alpha value is 0.900. The Morgan fingerprint density at radius 2 is 1.30 bits per heavy atom. The van der Waals surface area contributed by atoms with Gasteiger partial charge in [-0.2, -0.15) is 0 Å². The Morgan fingerprint density at radius 3 is 1.30 bits per heavy atom. The monoisotopic (exact) mass is 170 g/mol. The molecule has 4 N–H and O–H groups in total. The Kier molecular flexibility index (Phi) is 28.2. The van der Waals surface area contributed by atoms with Gasteiger partial charge in [-0.3, -0.25) is 9.59 Å². The topological polar surface area (TPSA) is 106 Å². The molecule has 0 saturated carbocycles. The van der Waals surface area contributed by atoms with Gasteiger partial charge in [0.15, 0.2) is 0 Å². The molecule has 0 rings (SSSR count). The maximum atomic E-state index is 9.43. The van der Waals surface area contributed by atoms with E-state index in [4.69, 9.17) is 10.2 Å². The first-order valence-corrected chi connectivity index (χ1v) is 1.56. The molecule has 52 valence electrons. The summed E-state index contributed by atoms with van der Waals surface area (Å²) in [5.41, 5.74) is 0. The van der Waals surface area contributed by atoms with Crippen LogP contribution in [0.4, 0.5) is 0 Å². The van der Waals surface area contributed by atoms with Crippen LogP contribution in [0, 0.1) is 0 Å². The van der Waals surface area contributed by atoms with Gasteiger partial charge in [0, 0.05) is 0 Å². The van der Waals surface area contributed by atoms with E-state index in [0.717, 1.165) is 0 Å². The maximum Gasteiger partial charge on any atom is 1.00 e. The van der Waals surface area contributed by atoms with Gasteiger partial charge in [0.1, 0.15) is 6.42 Å². The molecule has 0 aromatic rings. The van der Waals surface area contributed by atoms with Crippen LogP contribution in [-0.2, 0) is 9.59 Å². The number of carboxylic acids is 2. The molecular weight excluding hydrogens is 162 g/mol. The molecule has 0 spiro atoms. The van der Waals surface area contributed by atoms with Crippen molar-refractivity contribution in [2.24, 2.45) is 0 Å². The van der Waals surface area contributed by atoms with Crippen molar-refractivity contribution in [1.29, 1.82) is 0 Å². The second kappa shape index (κ2) is 12.6. The molecule has 10 heavy (non-hydrogen) atoms. The Balaban J connectivity index is -0.0000000180. The molecule has 0 aromatic carbocycles. The minimum Gasteiger partial charge on any atom is -1.00 e. The fraction of sp³-hybridized carbons (Fsp3) is 0.333. The zero-order chi connectivity index (χ0) is 5.86. The van der Waals surface area contributed by atoms with E-state index in [0.29, 0.717) is 0 Å². The predicted octanol–water partition coefficient (Wildman–Crippen LogP) is -7.05. The number of carboxylic acid groups (broad SMARTS) is 2. The Morgan fingerprint density at radius 1 is 1.10 bits per heavy atom. The molecule has 5 nitrogen and oxygen atoms in total.